The second-order valence-electron chi connectivity index (χ2n) is 5.18. The molecule has 0 aliphatic rings. The molecule has 0 spiro atoms. The Morgan fingerprint density at radius 1 is 1.04 bits per heavy atom. The summed E-state index contributed by atoms with van der Waals surface area (Å²) >= 11 is 3.36. The maximum absolute atomic E-state index is 12.3. The van der Waals surface area contributed by atoms with Gasteiger partial charge in [-0.25, -0.2) is 0 Å². The van der Waals surface area contributed by atoms with E-state index >= 15 is 0 Å². The first-order valence-electron chi connectivity index (χ1n) is 7.58. The minimum atomic E-state index is -0.221. The fraction of sp³-hybridized carbons (Fsp3) is 0.222. The Kier molecular flexibility index (Phi) is 6.37. The summed E-state index contributed by atoms with van der Waals surface area (Å²) in [6.45, 7) is 1.95. The van der Waals surface area contributed by atoms with E-state index in [2.05, 4.69) is 26.6 Å². The van der Waals surface area contributed by atoms with E-state index in [1.54, 1.807) is 49.6 Å². The van der Waals surface area contributed by atoms with Crippen LogP contribution in [0.2, 0.25) is 0 Å². The van der Waals surface area contributed by atoms with Crippen molar-refractivity contribution in [2.75, 3.05) is 17.7 Å². The van der Waals surface area contributed by atoms with Gasteiger partial charge in [0.05, 0.1) is 11.6 Å². The summed E-state index contributed by atoms with van der Waals surface area (Å²) in [5.41, 5.74) is 1.88. The second-order valence-corrected chi connectivity index (χ2v) is 6.03. The number of nitrogens with one attached hydrogen (secondary N) is 2. The lowest BCUT2D eigenvalue weighted by Gasteiger charge is -2.09. The van der Waals surface area contributed by atoms with Gasteiger partial charge in [-0.3, -0.25) is 9.59 Å². The monoisotopic (exact) mass is 390 g/mol. The Labute approximate surface area is 149 Å². The third-order valence-electron chi connectivity index (χ3n) is 3.32. The summed E-state index contributed by atoms with van der Waals surface area (Å²) < 4.78 is 5.86. The van der Waals surface area contributed by atoms with Crippen LogP contribution in [0.3, 0.4) is 0 Å². The van der Waals surface area contributed by atoms with Gasteiger partial charge in [-0.2, -0.15) is 0 Å². The predicted molar refractivity (Wildman–Crippen MR) is 98.6 cm³/mol. The number of carbonyl (C=O) groups is 2. The molecular formula is C18H19BrN2O3. The number of anilines is 2. The van der Waals surface area contributed by atoms with Crippen LogP contribution in [0.5, 0.6) is 5.75 Å². The molecule has 0 radical (unpaired) electrons. The van der Waals surface area contributed by atoms with Gasteiger partial charge in [-0.15, -0.1) is 0 Å². The number of amides is 2. The van der Waals surface area contributed by atoms with Crippen LogP contribution in [0, 0.1) is 0 Å². The third-order valence-corrected chi connectivity index (χ3v) is 3.94. The molecule has 5 nitrogen and oxygen atoms in total. The van der Waals surface area contributed by atoms with E-state index in [0.717, 1.165) is 6.42 Å². The molecule has 2 aromatic rings. The van der Waals surface area contributed by atoms with Crippen molar-refractivity contribution in [1.29, 1.82) is 0 Å². The molecule has 0 unspecified atom stereocenters. The lowest BCUT2D eigenvalue weighted by atomic mass is 10.2. The minimum absolute atomic E-state index is 0.0163. The Morgan fingerprint density at radius 2 is 1.67 bits per heavy atom. The summed E-state index contributed by atoms with van der Waals surface area (Å²) in [7, 11) is 1.57. The van der Waals surface area contributed by atoms with Gasteiger partial charge in [-0.05, 0) is 64.8 Å². The molecule has 0 aliphatic heterocycles. The van der Waals surface area contributed by atoms with Crippen LogP contribution >= 0.6 is 15.9 Å². The topological polar surface area (TPSA) is 67.4 Å². The number of rotatable bonds is 6. The fourth-order valence-electron chi connectivity index (χ4n) is 2.10. The van der Waals surface area contributed by atoms with Crippen molar-refractivity contribution in [2.45, 2.75) is 19.8 Å². The lowest BCUT2D eigenvalue weighted by molar-refractivity contribution is -0.116. The zero-order valence-corrected chi connectivity index (χ0v) is 15.1. The smallest absolute Gasteiger partial charge is 0.255 e. The summed E-state index contributed by atoms with van der Waals surface area (Å²) in [4.78, 5) is 23.8. The standard InChI is InChI=1S/C18H19BrN2O3/c1-3-4-17(22)20-13-6-8-14(9-7-13)21-18(23)12-5-10-16(24-2)15(19)11-12/h5-11H,3-4H2,1-2H3,(H,20,22)(H,21,23). The molecule has 0 saturated heterocycles. The largest absolute Gasteiger partial charge is 0.496 e. The van der Waals surface area contributed by atoms with E-state index in [1.165, 1.54) is 0 Å². The van der Waals surface area contributed by atoms with E-state index in [9.17, 15) is 9.59 Å². The van der Waals surface area contributed by atoms with E-state index in [0.29, 0.717) is 33.6 Å². The number of benzene rings is 2. The van der Waals surface area contributed by atoms with E-state index in [1.807, 2.05) is 6.92 Å². The molecule has 0 saturated carbocycles. The van der Waals surface area contributed by atoms with Gasteiger partial charge in [0.15, 0.2) is 0 Å². The molecule has 6 heteroatoms. The van der Waals surface area contributed by atoms with Gasteiger partial charge in [0.1, 0.15) is 5.75 Å². The second kappa shape index (κ2) is 8.49. The van der Waals surface area contributed by atoms with Gasteiger partial charge in [-0.1, -0.05) is 6.92 Å². The first kappa shape index (κ1) is 18.0. The van der Waals surface area contributed by atoms with Crippen molar-refractivity contribution in [3.8, 4) is 5.75 Å². The van der Waals surface area contributed by atoms with Gasteiger partial charge in [0.25, 0.3) is 5.91 Å². The number of hydrogen-bond donors (Lipinski definition) is 2. The number of hydrogen-bond acceptors (Lipinski definition) is 3. The van der Waals surface area contributed by atoms with Crippen LogP contribution in [-0.4, -0.2) is 18.9 Å². The molecule has 2 amide bonds. The van der Waals surface area contributed by atoms with Crippen LogP contribution < -0.4 is 15.4 Å². The molecule has 0 bridgehead atoms. The van der Waals surface area contributed by atoms with Gasteiger partial charge in [0.2, 0.25) is 5.91 Å². The quantitative estimate of drug-likeness (QED) is 0.765. The van der Waals surface area contributed by atoms with Crippen LogP contribution in [0.25, 0.3) is 0 Å². The van der Waals surface area contributed by atoms with E-state index < -0.39 is 0 Å². The summed E-state index contributed by atoms with van der Waals surface area (Å²) in [6.07, 6.45) is 1.29. The van der Waals surface area contributed by atoms with Crippen molar-refractivity contribution in [3.05, 3.63) is 52.5 Å². The molecule has 2 aromatic carbocycles. The molecule has 0 aliphatic carbocycles. The van der Waals surface area contributed by atoms with Crippen LogP contribution in [-0.2, 0) is 4.79 Å². The van der Waals surface area contributed by atoms with Gasteiger partial charge in [0, 0.05) is 23.4 Å². The highest BCUT2D eigenvalue weighted by Crippen LogP contribution is 2.26. The van der Waals surface area contributed by atoms with Crippen molar-refractivity contribution in [3.63, 3.8) is 0 Å². The van der Waals surface area contributed by atoms with Gasteiger partial charge < -0.3 is 15.4 Å². The first-order chi connectivity index (χ1) is 11.5. The minimum Gasteiger partial charge on any atom is -0.496 e. The Morgan fingerprint density at radius 3 is 2.21 bits per heavy atom. The molecule has 0 fully saturated rings. The fourth-order valence-corrected chi connectivity index (χ4v) is 2.64. The number of carbonyl (C=O) groups excluding carboxylic acids is 2. The van der Waals surface area contributed by atoms with Crippen molar-refractivity contribution in [1.82, 2.24) is 0 Å². The highest BCUT2D eigenvalue weighted by molar-refractivity contribution is 9.10. The average Bonchev–Trinajstić information content (AvgIpc) is 2.56. The number of methoxy groups -OCH3 is 1. The molecule has 0 heterocycles. The first-order valence-corrected chi connectivity index (χ1v) is 8.37. The highest BCUT2D eigenvalue weighted by atomic mass is 79.9. The van der Waals surface area contributed by atoms with Crippen LogP contribution in [0.15, 0.2) is 46.9 Å². The van der Waals surface area contributed by atoms with Crippen molar-refractivity contribution < 1.29 is 14.3 Å². The molecule has 2 rings (SSSR count). The van der Waals surface area contributed by atoms with Crippen LogP contribution in [0.1, 0.15) is 30.1 Å². The third kappa shape index (κ3) is 4.83. The molecular weight excluding hydrogens is 372 g/mol. The molecule has 0 atom stereocenters. The zero-order valence-electron chi connectivity index (χ0n) is 13.6. The lowest BCUT2D eigenvalue weighted by Crippen LogP contribution is -2.13. The van der Waals surface area contributed by atoms with E-state index in [-0.39, 0.29) is 11.8 Å². The van der Waals surface area contributed by atoms with E-state index in [4.69, 9.17) is 4.74 Å². The maximum Gasteiger partial charge on any atom is 0.255 e. The summed E-state index contributed by atoms with van der Waals surface area (Å²) in [5, 5.41) is 5.62. The Bertz CT molecular complexity index is 730. The molecule has 126 valence electrons. The average molecular weight is 391 g/mol. The number of ether oxygens (including phenoxy) is 1. The zero-order chi connectivity index (χ0) is 17.5. The predicted octanol–water partition coefficient (Wildman–Crippen LogP) is 4.45. The SMILES string of the molecule is CCCC(=O)Nc1ccc(NC(=O)c2ccc(OC)c(Br)c2)cc1. The molecule has 24 heavy (non-hydrogen) atoms. The Hall–Kier alpha value is -2.34. The summed E-state index contributed by atoms with van der Waals surface area (Å²) in [5.74, 6) is 0.428. The number of halogens is 1. The van der Waals surface area contributed by atoms with Crippen molar-refractivity contribution in [2.24, 2.45) is 0 Å². The molecule has 2 N–H and O–H groups in total. The molecule has 0 aromatic heterocycles. The summed E-state index contributed by atoms with van der Waals surface area (Å²) in [6, 6.07) is 12.1. The van der Waals surface area contributed by atoms with Gasteiger partial charge >= 0.3 is 0 Å². The van der Waals surface area contributed by atoms with Crippen LogP contribution in [0.4, 0.5) is 11.4 Å². The normalized spacial score (nSPS) is 10.1. The maximum atomic E-state index is 12.3. The van der Waals surface area contributed by atoms with Crippen molar-refractivity contribution >= 4 is 39.1 Å². The Balaban J connectivity index is 2.01. The highest BCUT2D eigenvalue weighted by Gasteiger charge is 2.09.